The van der Waals surface area contributed by atoms with Crippen LogP contribution < -0.4 is 0 Å². The topological polar surface area (TPSA) is 143 Å². The first kappa shape index (κ1) is 15.4. The minimum Gasteiger partial charge on any atom is -0.340 e. The SMILES string of the molecule is COC(O)(O)c1cc([N+](=O)[O-])cc(C(O)(O)OC)c1. The number of hydrogen-bond donors (Lipinski definition) is 4. The summed E-state index contributed by atoms with van der Waals surface area (Å²) in [6.45, 7) is 0. The number of rotatable bonds is 5. The summed E-state index contributed by atoms with van der Waals surface area (Å²) >= 11 is 0. The summed E-state index contributed by atoms with van der Waals surface area (Å²) in [4.78, 5) is 9.89. The van der Waals surface area contributed by atoms with Gasteiger partial charge in [0.2, 0.25) is 0 Å². The second-order valence-electron chi connectivity index (χ2n) is 3.65. The van der Waals surface area contributed by atoms with E-state index in [1.54, 1.807) is 0 Å². The number of nitrogens with zero attached hydrogens (tertiary/aromatic N) is 1. The number of hydrogen-bond acceptors (Lipinski definition) is 8. The average molecular weight is 275 g/mol. The molecule has 0 amide bonds. The molecule has 0 aliphatic carbocycles. The maximum atomic E-state index is 10.7. The minimum absolute atomic E-state index is 0.455. The third-order valence-corrected chi connectivity index (χ3v) is 2.45. The fourth-order valence-electron chi connectivity index (χ4n) is 1.33. The van der Waals surface area contributed by atoms with Gasteiger partial charge in [-0.1, -0.05) is 0 Å². The highest BCUT2D eigenvalue weighted by Gasteiger charge is 2.33. The molecule has 9 heteroatoms. The number of nitro benzene ring substituents is 1. The summed E-state index contributed by atoms with van der Waals surface area (Å²) in [6.07, 6.45) is 0. The predicted molar refractivity (Wildman–Crippen MR) is 59.3 cm³/mol. The molecule has 0 unspecified atom stereocenters. The zero-order valence-electron chi connectivity index (χ0n) is 10.1. The first-order valence-electron chi connectivity index (χ1n) is 4.94. The second-order valence-corrected chi connectivity index (χ2v) is 3.65. The van der Waals surface area contributed by atoms with E-state index in [-0.39, 0.29) is 0 Å². The lowest BCUT2D eigenvalue weighted by Crippen LogP contribution is -2.31. The van der Waals surface area contributed by atoms with Crippen LogP contribution in [0.15, 0.2) is 18.2 Å². The molecule has 0 aliphatic heterocycles. The van der Waals surface area contributed by atoms with E-state index in [2.05, 4.69) is 9.47 Å². The Morgan fingerprint density at radius 1 is 1.00 bits per heavy atom. The van der Waals surface area contributed by atoms with Crippen LogP contribution in [0.25, 0.3) is 0 Å². The van der Waals surface area contributed by atoms with E-state index in [1.807, 2.05) is 0 Å². The van der Waals surface area contributed by atoms with Gasteiger partial charge in [0.15, 0.2) is 0 Å². The van der Waals surface area contributed by atoms with Crippen molar-refractivity contribution in [2.75, 3.05) is 14.2 Å². The molecule has 0 saturated carbocycles. The van der Waals surface area contributed by atoms with E-state index >= 15 is 0 Å². The molecular weight excluding hydrogens is 262 g/mol. The lowest BCUT2D eigenvalue weighted by Gasteiger charge is -2.23. The maximum Gasteiger partial charge on any atom is 0.306 e. The van der Waals surface area contributed by atoms with Gasteiger partial charge in [0.25, 0.3) is 5.69 Å². The van der Waals surface area contributed by atoms with Crippen molar-refractivity contribution in [3.8, 4) is 0 Å². The monoisotopic (exact) mass is 275 g/mol. The fraction of sp³-hybridized carbons (Fsp3) is 0.400. The number of nitro groups is 1. The molecule has 1 aromatic carbocycles. The van der Waals surface area contributed by atoms with Gasteiger partial charge in [0.1, 0.15) is 0 Å². The van der Waals surface area contributed by atoms with Gasteiger partial charge in [-0.3, -0.25) is 10.1 Å². The average Bonchev–Trinajstić information content (AvgIpc) is 2.38. The van der Waals surface area contributed by atoms with Crippen LogP contribution in [-0.4, -0.2) is 39.6 Å². The normalized spacial score (nSPS) is 12.5. The number of ether oxygens (including phenoxy) is 2. The minimum atomic E-state index is -2.81. The molecule has 0 atom stereocenters. The number of non-ortho nitro benzene ring substituents is 1. The first-order chi connectivity index (χ1) is 8.64. The first-order valence-corrected chi connectivity index (χ1v) is 4.94. The summed E-state index contributed by atoms with van der Waals surface area (Å²) < 4.78 is 8.69. The molecule has 1 rings (SSSR count). The van der Waals surface area contributed by atoms with Crippen molar-refractivity contribution in [1.82, 2.24) is 0 Å². The third-order valence-electron chi connectivity index (χ3n) is 2.45. The molecule has 0 heterocycles. The van der Waals surface area contributed by atoms with Crippen LogP contribution >= 0.6 is 0 Å². The number of benzene rings is 1. The Hall–Kier alpha value is -1.62. The van der Waals surface area contributed by atoms with Gasteiger partial charge in [-0.05, 0) is 6.07 Å². The standard InChI is InChI=1S/C10H13NO8/c1-18-9(12,13)6-3-7(10(14,15)19-2)5-8(4-6)11(16)17/h3-5,12-15H,1-2H3. The Morgan fingerprint density at radius 3 is 1.63 bits per heavy atom. The zero-order chi connectivity index (χ0) is 14.8. The lowest BCUT2D eigenvalue weighted by atomic mass is 10.1. The van der Waals surface area contributed by atoms with Crippen molar-refractivity contribution in [3.63, 3.8) is 0 Å². The third kappa shape index (κ3) is 3.23. The molecular formula is C10H13NO8. The van der Waals surface area contributed by atoms with Crippen LogP contribution in [0.5, 0.6) is 0 Å². The van der Waals surface area contributed by atoms with Gasteiger partial charge in [-0.2, -0.15) is 0 Å². The van der Waals surface area contributed by atoms with Crippen molar-refractivity contribution in [2.45, 2.75) is 11.9 Å². The van der Waals surface area contributed by atoms with Crippen LogP contribution in [0.4, 0.5) is 5.69 Å². The van der Waals surface area contributed by atoms with Crippen molar-refractivity contribution in [1.29, 1.82) is 0 Å². The van der Waals surface area contributed by atoms with E-state index in [9.17, 15) is 30.5 Å². The molecule has 0 aromatic heterocycles. The molecule has 0 aliphatic rings. The Labute approximate surface area is 107 Å². The van der Waals surface area contributed by atoms with Crippen LogP contribution in [0.2, 0.25) is 0 Å². The van der Waals surface area contributed by atoms with Crippen molar-refractivity contribution < 1.29 is 34.8 Å². The lowest BCUT2D eigenvalue weighted by molar-refractivity contribution is -0.386. The molecule has 0 bridgehead atoms. The molecule has 9 nitrogen and oxygen atoms in total. The van der Waals surface area contributed by atoms with E-state index in [0.29, 0.717) is 0 Å². The molecule has 0 fully saturated rings. The van der Waals surface area contributed by atoms with E-state index in [0.717, 1.165) is 32.4 Å². The quantitative estimate of drug-likeness (QED) is 0.307. The Balaban J connectivity index is 3.47. The Morgan fingerprint density at radius 2 is 1.37 bits per heavy atom. The van der Waals surface area contributed by atoms with Crippen LogP contribution in [0.1, 0.15) is 11.1 Å². The maximum absolute atomic E-state index is 10.7. The number of aliphatic hydroxyl groups is 4. The molecule has 19 heavy (non-hydrogen) atoms. The van der Waals surface area contributed by atoms with E-state index in [1.165, 1.54) is 0 Å². The highest BCUT2D eigenvalue weighted by molar-refractivity contribution is 5.41. The van der Waals surface area contributed by atoms with Crippen molar-refractivity contribution in [3.05, 3.63) is 39.4 Å². The summed E-state index contributed by atoms with van der Waals surface area (Å²) in [5.41, 5.74) is -1.51. The van der Waals surface area contributed by atoms with Gasteiger partial charge < -0.3 is 29.9 Å². The fourth-order valence-corrected chi connectivity index (χ4v) is 1.33. The molecule has 4 N–H and O–H groups in total. The molecule has 106 valence electrons. The summed E-state index contributed by atoms with van der Waals surface area (Å²) in [6, 6.07) is 2.53. The smallest absolute Gasteiger partial charge is 0.306 e. The van der Waals surface area contributed by atoms with Gasteiger partial charge in [0, 0.05) is 37.5 Å². The summed E-state index contributed by atoms with van der Waals surface area (Å²) in [7, 11) is 1.92. The van der Waals surface area contributed by atoms with Gasteiger partial charge in [-0.15, -0.1) is 0 Å². The van der Waals surface area contributed by atoms with Gasteiger partial charge in [-0.25, -0.2) is 0 Å². The van der Waals surface area contributed by atoms with Crippen molar-refractivity contribution >= 4 is 5.69 Å². The highest BCUT2D eigenvalue weighted by Crippen LogP contribution is 2.29. The van der Waals surface area contributed by atoms with E-state index in [4.69, 9.17) is 0 Å². The molecule has 0 radical (unpaired) electrons. The number of methoxy groups -OCH3 is 2. The van der Waals surface area contributed by atoms with Gasteiger partial charge >= 0.3 is 11.9 Å². The van der Waals surface area contributed by atoms with Crippen LogP contribution in [0, 0.1) is 10.1 Å². The second kappa shape index (κ2) is 5.17. The zero-order valence-corrected chi connectivity index (χ0v) is 10.1. The van der Waals surface area contributed by atoms with Crippen LogP contribution in [0.3, 0.4) is 0 Å². The molecule has 0 saturated heterocycles. The predicted octanol–water partition coefficient (Wildman–Crippen LogP) is -0.923. The van der Waals surface area contributed by atoms with Gasteiger partial charge in [0.05, 0.1) is 4.92 Å². The van der Waals surface area contributed by atoms with Crippen molar-refractivity contribution in [2.24, 2.45) is 0 Å². The highest BCUT2D eigenvalue weighted by atomic mass is 16.8. The van der Waals surface area contributed by atoms with E-state index < -0.39 is 33.7 Å². The largest absolute Gasteiger partial charge is 0.340 e. The summed E-state index contributed by atoms with van der Waals surface area (Å²) in [5, 5.41) is 48.6. The molecule has 1 aromatic rings. The summed E-state index contributed by atoms with van der Waals surface area (Å²) in [5.74, 6) is -5.63. The van der Waals surface area contributed by atoms with Crippen LogP contribution in [-0.2, 0) is 21.4 Å². The Kier molecular flexibility index (Phi) is 4.20. The Bertz CT molecular complexity index is 450. The molecule has 0 spiro atoms.